The van der Waals surface area contributed by atoms with E-state index in [0.717, 1.165) is 36.6 Å². The molecule has 0 radical (unpaired) electrons. The van der Waals surface area contributed by atoms with Crippen LogP contribution < -0.4 is 10.6 Å². The Morgan fingerprint density at radius 3 is 2.62 bits per heavy atom. The number of fused-ring (bicyclic) bond motifs is 3. The van der Waals surface area contributed by atoms with Gasteiger partial charge >= 0.3 is 0 Å². The van der Waals surface area contributed by atoms with E-state index in [-0.39, 0.29) is 17.9 Å². The molecule has 1 aromatic heterocycles. The van der Waals surface area contributed by atoms with E-state index in [0.29, 0.717) is 34.9 Å². The molecular formula is C25H27ClN4O2. The summed E-state index contributed by atoms with van der Waals surface area (Å²) in [6.45, 7) is 0.352. The highest BCUT2D eigenvalue weighted by molar-refractivity contribution is 6.33. The number of hydrogen-bond acceptors (Lipinski definition) is 3. The maximum Gasteiger partial charge on any atom is 0.251 e. The number of hydrogen-bond donors (Lipinski definition) is 3. The van der Waals surface area contributed by atoms with Gasteiger partial charge < -0.3 is 15.6 Å². The highest BCUT2D eigenvalue weighted by Crippen LogP contribution is 2.34. The number of para-hydroxylation sites is 1. The number of halogens is 1. The Hall–Kier alpha value is -2.83. The molecule has 5 rings (SSSR count). The lowest BCUT2D eigenvalue weighted by Crippen LogP contribution is -2.58. The number of H-pyrrole nitrogens is 1. The molecule has 2 bridgehead atoms. The lowest BCUT2D eigenvalue weighted by atomic mass is 9.81. The summed E-state index contributed by atoms with van der Waals surface area (Å²) >= 11 is 6.18. The van der Waals surface area contributed by atoms with E-state index in [1.165, 1.54) is 6.42 Å². The van der Waals surface area contributed by atoms with Gasteiger partial charge in [0.1, 0.15) is 0 Å². The molecule has 7 heteroatoms. The predicted octanol–water partition coefficient (Wildman–Crippen LogP) is 4.58. The van der Waals surface area contributed by atoms with E-state index in [4.69, 9.17) is 11.6 Å². The van der Waals surface area contributed by atoms with Crippen LogP contribution in [0.1, 0.15) is 42.5 Å². The molecule has 2 atom stereocenters. The number of piperidine rings is 2. The first-order valence-electron chi connectivity index (χ1n) is 11.2. The van der Waals surface area contributed by atoms with Gasteiger partial charge in [0.05, 0.1) is 17.3 Å². The lowest BCUT2D eigenvalue weighted by molar-refractivity contribution is -0.120. The van der Waals surface area contributed by atoms with Crippen molar-refractivity contribution in [1.82, 2.24) is 15.2 Å². The van der Waals surface area contributed by atoms with Crippen LogP contribution in [-0.2, 0) is 4.79 Å². The third-order valence-corrected chi connectivity index (χ3v) is 7.08. The van der Waals surface area contributed by atoms with Gasteiger partial charge in [-0.25, -0.2) is 0 Å². The molecule has 32 heavy (non-hydrogen) atoms. The molecule has 2 saturated heterocycles. The van der Waals surface area contributed by atoms with E-state index < -0.39 is 0 Å². The summed E-state index contributed by atoms with van der Waals surface area (Å²) in [4.78, 5) is 31.1. The van der Waals surface area contributed by atoms with Crippen molar-refractivity contribution in [2.24, 2.45) is 0 Å². The second kappa shape index (κ2) is 8.96. The molecule has 2 unspecified atom stereocenters. The molecule has 0 aliphatic carbocycles. The van der Waals surface area contributed by atoms with Gasteiger partial charge in [-0.3, -0.25) is 14.5 Å². The van der Waals surface area contributed by atoms with E-state index >= 15 is 0 Å². The van der Waals surface area contributed by atoms with Gasteiger partial charge in [0.15, 0.2) is 0 Å². The minimum atomic E-state index is -0.0447. The summed E-state index contributed by atoms with van der Waals surface area (Å²) in [6.07, 6.45) is 6.89. The zero-order valence-corrected chi connectivity index (χ0v) is 18.6. The number of benzene rings is 2. The first-order valence-corrected chi connectivity index (χ1v) is 11.6. The third-order valence-electron chi connectivity index (χ3n) is 6.75. The van der Waals surface area contributed by atoms with Crippen molar-refractivity contribution in [3.05, 3.63) is 65.3 Å². The molecule has 3 aromatic rings. The zero-order valence-electron chi connectivity index (χ0n) is 17.8. The first-order chi connectivity index (χ1) is 15.6. The predicted molar refractivity (Wildman–Crippen MR) is 127 cm³/mol. The second-order valence-corrected chi connectivity index (χ2v) is 9.27. The van der Waals surface area contributed by atoms with Crippen LogP contribution in [0, 0.1) is 0 Å². The Bertz CT molecular complexity index is 1130. The van der Waals surface area contributed by atoms with E-state index in [1.54, 1.807) is 6.07 Å². The maximum absolute atomic E-state index is 12.9. The van der Waals surface area contributed by atoms with Crippen molar-refractivity contribution in [2.45, 2.75) is 50.2 Å². The molecule has 2 fully saturated rings. The van der Waals surface area contributed by atoms with Crippen molar-refractivity contribution in [1.29, 1.82) is 0 Å². The topological polar surface area (TPSA) is 77.2 Å². The zero-order chi connectivity index (χ0) is 22.1. The average molecular weight is 451 g/mol. The minimum Gasteiger partial charge on any atom is -0.361 e. The Morgan fingerprint density at radius 1 is 1.06 bits per heavy atom. The van der Waals surface area contributed by atoms with Gasteiger partial charge in [0, 0.05) is 35.4 Å². The van der Waals surface area contributed by atoms with Crippen LogP contribution in [0.15, 0.2) is 54.7 Å². The van der Waals surface area contributed by atoms with Crippen LogP contribution in [0.5, 0.6) is 0 Å². The van der Waals surface area contributed by atoms with Gasteiger partial charge in [0.2, 0.25) is 5.91 Å². The molecule has 6 nitrogen and oxygen atoms in total. The summed E-state index contributed by atoms with van der Waals surface area (Å²) in [5.74, 6) is -0.0776. The smallest absolute Gasteiger partial charge is 0.251 e. The Kier molecular flexibility index (Phi) is 5.89. The fraction of sp³-hybridized carbons (Fsp3) is 0.360. The molecule has 2 aliphatic heterocycles. The van der Waals surface area contributed by atoms with Crippen LogP contribution in [0.3, 0.4) is 0 Å². The summed E-state index contributed by atoms with van der Waals surface area (Å²) < 4.78 is 0. The number of nitrogens with zero attached hydrogens (tertiary/aromatic N) is 1. The van der Waals surface area contributed by atoms with Gasteiger partial charge in [-0.2, -0.15) is 0 Å². The summed E-state index contributed by atoms with van der Waals surface area (Å²) in [5.41, 5.74) is 2.28. The summed E-state index contributed by atoms with van der Waals surface area (Å²) in [6, 6.07) is 15.8. The second-order valence-electron chi connectivity index (χ2n) is 8.86. The van der Waals surface area contributed by atoms with Gasteiger partial charge in [0.25, 0.3) is 5.91 Å². The summed E-state index contributed by atoms with van der Waals surface area (Å²) in [7, 11) is 0. The summed E-state index contributed by atoms with van der Waals surface area (Å²) in [5, 5.41) is 7.82. The maximum atomic E-state index is 12.9. The molecule has 2 aliphatic rings. The first kappa shape index (κ1) is 21.0. The molecule has 3 heterocycles. The van der Waals surface area contributed by atoms with Crippen LogP contribution in [0.4, 0.5) is 5.69 Å². The Labute approximate surface area is 192 Å². The monoisotopic (exact) mass is 450 g/mol. The molecule has 0 spiro atoms. The molecule has 2 aromatic carbocycles. The number of anilines is 1. The van der Waals surface area contributed by atoms with Crippen molar-refractivity contribution in [3.63, 3.8) is 0 Å². The minimum absolute atomic E-state index is 0.0329. The van der Waals surface area contributed by atoms with Crippen molar-refractivity contribution in [2.75, 3.05) is 11.9 Å². The molecule has 2 amide bonds. The largest absolute Gasteiger partial charge is 0.361 e. The van der Waals surface area contributed by atoms with E-state index in [2.05, 4.69) is 20.5 Å². The van der Waals surface area contributed by atoms with Gasteiger partial charge in [-0.15, -0.1) is 0 Å². The van der Waals surface area contributed by atoms with E-state index in [1.807, 2.05) is 48.7 Å². The van der Waals surface area contributed by atoms with Crippen molar-refractivity contribution >= 4 is 40.0 Å². The Morgan fingerprint density at radius 2 is 1.84 bits per heavy atom. The molecule has 0 saturated carbocycles. The van der Waals surface area contributed by atoms with Gasteiger partial charge in [-0.1, -0.05) is 36.2 Å². The average Bonchev–Trinajstić information content (AvgIpc) is 3.24. The SMILES string of the molecule is O=C(CN1C2CCCC1CC(NC(=O)c1ccc3cc[nH]c3c1)C2)Nc1ccccc1Cl. The fourth-order valence-electron chi connectivity index (χ4n) is 5.23. The number of aromatic amines is 1. The van der Waals surface area contributed by atoms with E-state index in [9.17, 15) is 9.59 Å². The van der Waals surface area contributed by atoms with Crippen molar-refractivity contribution < 1.29 is 9.59 Å². The number of rotatable bonds is 5. The quantitative estimate of drug-likeness (QED) is 0.532. The number of nitrogens with one attached hydrogen (secondary N) is 3. The molecule has 166 valence electrons. The number of aromatic nitrogens is 1. The molecule has 3 N–H and O–H groups in total. The highest BCUT2D eigenvalue weighted by atomic mass is 35.5. The van der Waals surface area contributed by atoms with Crippen molar-refractivity contribution in [3.8, 4) is 0 Å². The number of carbonyl (C=O) groups excluding carboxylic acids is 2. The number of amides is 2. The van der Waals surface area contributed by atoms with Crippen LogP contribution in [-0.4, -0.2) is 46.4 Å². The Balaban J connectivity index is 1.21. The standard InChI is InChI=1S/C25H27ClN4O2/c26-21-6-1-2-7-22(21)29-24(31)15-30-19-4-3-5-20(30)14-18(13-19)28-25(32)17-9-8-16-10-11-27-23(16)12-17/h1-2,6-12,18-20,27H,3-5,13-15H2,(H,28,32)(H,29,31). The van der Waals surface area contributed by atoms with Crippen LogP contribution >= 0.6 is 11.6 Å². The molecular weight excluding hydrogens is 424 g/mol. The van der Waals surface area contributed by atoms with Crippen LogP contribution in [0.2, 0.25) is 5.02 Å². The number of carbonyl (C=O) groups is 2. The fourth-order valence-corrected chi connectivity index (χ4v) is 5.41. The van der Waals surface area contributed by atoms with Gasteiger partial charge in [-0.05, 0) is 61.4 Å². The van der Waals surface area contributed by atoms with Crippen LogP contribution in [0.25, 0.3) is 10.9 Å². The highest BCUT2D eigenvalue weighted by Gasteiger charge is 2.39. The third kappa shape index (κ3) is 4.38. The normalized spacial score (nSPS) is 23.1. The lowest BCUT2D eigenvalue weighted by Gasteiger charge is -2.48.